The molecule has 0 radical (unpaired) electrons. The highest BCUT2D eigenvalue weighted by molar-refractivity contribution is 6.10. The molecular formula is C26H26N2O2. The van der Waals surface area contributed by atoms with E-state index in [9.17, 15) is 4.79 Å². The number of furan rings is 1. The summed E-state index contributed by atoms with van der Waals surface area (Å²) in [5, 5.41) is 0.680. The maximum Gasteiger partial charge on any atom is 0.230 e. The average Bonchev–Trinajstić information content (AvgIpc) is 3.04. The Morgan fingerprint density at radius 2 is 1.57 bits per heavy atom. The van der Waals surface area contributed by atoms with Crippen LogP contribution >= 0.6 is 0 Å². The summed E-state index contributed by atoms with van der Waals surface area (Å²) in [4.78, 5) is 16.7. The standard InChI is InChI=1S/C26H26N2O2/c1-15-6-8-18(9-7-15)21-14-20(17-10-12-19(13-11-17)26(3,4)5)22-23(27)24(16(2)29)30-25(22)28-21/h6-14H,27H2,1-5H3. The Kier molecular flexibility index (Phi) is 4.73. The van der Waals surface area contributed by atoms with Gasteiger partial charge in [-0.25, -0.2) is 4.98 Å². The van der Waals surface area contributed by atoms with Gasteiger partial charge in [-0.3, -0.25) is 4.79 Å². The molecule has 0 saturated heterocycles. The molecule has 0 aliphatic rings. The minimum atomic E-state index is -0.212. The molecule has 4 heteroatoms. The number of pyridine rings is 1. The zero-order valence-corrected chi connectivity index (χ0v) is 18.0. The van der Waals surface area contributed by atoms with Gasteiger partial charge >= 0.3 is 0 Å². The van der Waals surface area contributed by atoms with Crippen LogP contribution in [-0.4, -0.2) is 10.8 Å². The summed E-state index contributed by atoms with van der Waals surface area (Å²) in [5.41, 5.74) is 13.2. The second-order valence-electron chi connectivity index (χ2n) is 8.83. The molecule has 4 aromatic rings. The predicted molar refractivity (Wildman–Crippen MR) is 123 cm³/mol. The Labute approximate surface area is 176 Å². The van der Waals surface area contributed by atoms with Crippen LogP contribution in [0.25, 0.3) is 33.5 Å². The van der Waals surface area contributed by atoms with Gasteiger partial charge < -0.3 is 10.2 Å². The number of carbonyl (C=O) groups excluding carboxylic acids is 1. The van der Waals surface area contributed by atoms with E-state index in [1.807, 2.05) is 18.2 Å². The Morgan fingerprint density at radius 3 is 2.13 bits per heavy atom. The number of nitrogens with zero attached hydrogens (tertiary/aromatic N) is 1. The molecule has 152 valence electrons. The monoisotopic (exact) mass is 398 g/mol. The van der Waals surface area contributed by atoms with Gasteiger partial charge in [0, 0.05) is 12.5 Å². The number of benzene rings is 2. The quantitative estimate of drug-likeness (QED) is 0.397. The number of nitrogen functional groups attached to an aromatic ring is 1. The fourth-order valence-electron chi connectivity index (χ4n) is 3.63. The molecule has 0 bridgehead atoms. The van der Waals surface area contributed by atoms with Crippen LogP contribution < -0.4 is 5.73 Å². The smallest absolute Gasteiger partial charge is 0.230 e. The first-order valence-corrected chi connectivity index (χ1v) is 10.1. The normalized spacial score (nSPS) is 11.8. The van der Waals surface area contributed by atoms with E-state index in [0.717, 1.165) is 22.4 Å². The molecule has 30 heavy (non-hydrogen) atoms. The van der Waals surface area contributed by atoms with Crippen LogP contribution in [0.15, 0.2) is 59.0 Å². The highest BCUT2D eigenvalue weighted by Crippen LogP contribution is 2.39. The number of fused-ring (bicyclic) bond motifs is 1. The van der Waals surface area contributed by atoms with E-state index >= 15 is 0 Å². The summed E-state index contributed by atoms with van der Waals surface area (Å²) in [5.74, 6) is -0.0532. The minimum Gasteiger partial charge on any atom is -0.432 e. The molecule has 4 rings (SSSR count). The number of rotatable bonds is 3. The second-order valence-corrected chi connectivity index (χ2v) is 8.83. The lowest BCUT2D eigenvalue weighted by Gasteiger charge is -2.19. The first-order valence-electron chi connectivity index (χ1n) is 10.1. The molecule has 4 nitrogen and oxygen atoms in total. The summed E-state index contributed by atoms with van der Waals surface area (Å²) >= 11 is 0. The van der Waals surface area contributed by atoms with E-state index in [4.69, 9.17) is 10.2 Å². The second kappa shape index (κ2) is 7.13. The number of ketones is 1. The molecule has 2 aromatic heterocycles. The number of carbonyl (C=O) groups is 1. The number of aromatic nitrogens is 1. The Bertz CT molecular complexity index is 1240. The molecule has 0 spiro atoms. The highest BCUT2D eigenvalue weighted by atomic mass is 16.4. The molecule has 2 aromatic carbocycles. The Balaban J connectivity index is 1.98. The molecule has 0 unspecified atom stereocenters. The van der Waals surface area contributed by atoms with Crippen LogP contribution in [0.2, 0.25) is 0 Å². The van der Waals surface area contributed by atoms with Crippen molar-refractivity contribution in [3.8, 4) is 22.4 Å². The van der Waals surface area contributed by atoms with Gasteiger partial charge in [0.2, 0.25) is 5.71 Å². The molecule has 2 heterocycles. The molecule has 2 N–H and O–H groups in total. The van der Waals surface area contributed by atoms with Crippen molar-refractivity contribution >= 4 is 22.6 Å². The molecule has 0 fully saturated rings. The molecule has 0 saturated carbocycles. The van der Waals surface area contributed by atoms with E-state index in [0.29, 0.717) is 16.8 Å². The van der Waals surface area contributed by atoms with Crippen LogP contribution in [-0.2, 0) is 5.41 Å². The number of Topliss-reactive ketones (excluding diaryl/α,β-unsaturated/α-hetero) is 1. The Morgan fingerprint density at radius 1 is 0.967 bits per heavy atom. The van der Waals surface area contributed by atoms with E-state index < -0.39 is 0 Å². The van der Waals surface area contributed by atoms with Crippen LogP contribution in [0.1, 0.15) is 49.4 Å². The third-order valence-corrected chi connectivity index (χ3v) is 5.43. The van der Waals surface area contributed by atoms with Crippen molar-refractivity contribution in [1.29, 1.82) is 0 Å². The van der Waals surface area contributed by atoms with Gasteiger partial charge in [-0.2, -0.15) is 0 Å². The van der Waals surface area contributed by atoms with Crippen LogP contribution in [0.3, 0.4) is 0 Å². The van der Waals surface area contributed by atoms with Gasteiger partial charge in [0.05, 0.1) is 16.8 Å². The van der Waals surface area contributed by atoms with Crippen molar-refractivity contribution < 1.29 is 9.21 Å². The number of nitrogens with two attached hydrogens (primary N) is 1. The molecule has 0 atom stereocenters. The average molecular weight is 399 g/mol. The lowest BCUT2D eigenvalue weighted by molar-refractivity contribution is 0.0990. The molecule has 0 aliphatic carbocycles. The lowest BCUT2D eigenvalue weighted by Crippen LogP contribution is -2.10. The highest BCUT2D eigenvalue weighted by Gasteiger charge is 2.22. The number of aryl methyl sites for hydroxylation is 1. The maximum absolute atomic E-state index is 12.0. The van der Waals surface area contributed by atoms with Gasteiger partial charge in [0.25, 0.3) is 0 Å². The molecule has 0 aliphatic heterocycles. The van der Waals surface area contributed by atoms with Crippen molar-refractivity contribution in [3.05, 3.63) is 71.5 Å². The van der Waals surface area contributed by atoms with Gasteiger partial charge in [-0.15, -0.1) is 0 Å². The first kappa shape index (κ1) is 19.9. The summed E-state index contributed by atoms with van der Waals surface area (Å²) in [7, 11) is 0. The van der Waals surface area contributed by atoms with E-state index in [1.165, 1.54) is 18.1 Å². The molecule has 0 amide bonds. The van der Waals surface area contributed by atoms with Crippen molar-refractivity contribution in [2.45, 2.75) is 40.0 Å². The van der Waals surface area contributed by atoms with Gasteiger partial charge in [-0.05, 0) is 35.1 Å². The van der Waals surface area contributed by atoms with E-state index in [2.05, 4.69) is 69.1 Å². The van der Waals surface area contributed by atoms with Crippen LogP contribution in [0.5, 0.6) is 0 Å². The number of hydrogen-bond acceptors (Lipinski definition) is 4. The minimum absolute atomic E-state index is 0.0651. The zero-order valence-electron chi connectivity index (χ0n) is 18.0. The summed E-state index contributed by atoms with van der Waals surface area (Å²) in [6, 6.07) is 18.6. The fraction of sp³-hybridized carbons (Fsp3) is 0.231. The molecular weight excluding hydrogens is 372 g/mol. The third-order valence-electron chi connectivity index (χ3n) is 5.43. The lowest BCUT2D eigenvalue weighted by atomic mass is 9.86. The van der Waals surface area contributed by atoms with E-state index in [1.54, 1.807) is 0 Å². The maximum atomic E-state index is 12.0. The van der Waals surface area contributed by atoms with Crippen molar-refractivity contribution in [3.63, 3.8) is 0 Å². The van der Waals surface area contributed by atoms with Gasteiger partial charge in [-0.1, -0.05) is 74.9 Å². The summed E-state index contributed by atoms with van der Waals surface area (Å²) in [6.07, 6.45) is 0. The van der Waals surface area contributed by atoms with Gasteiger partial charge in [0.1, 0.15) is 0 Å². The van der Waals surface area contributed by atoms with Crippen LogP contribution in [0, 0.1) is 6.92 Å². The third kappa shape index (κ3) is 3.50. The first-order chi connectivity index (χ1) is 14.1. The number of hydrogen-bond donors (Lipinski definition) is 1. The fourth-order valence-corrected chi connectivity index (χ4v) is 3.63. The summed E-state index contributed by atoms with van der Waals surface area (Å²) in [6.45, 7) is 10.1. The SMILES string of the molecule is CC(=O)c1oc2nc(-c3ccc(C)cc3)cc(-c3ccc(C(C)(C)C)cc3)c2c1N. The van der Waals surface area contributed by atoms with Gasteiger partial charge in [0.15, 0.2) is 11.5 Å². The van der Waals surface area contributed by atoms with E-state index in [-0.39, 0.29) is 17.0 Å². The Hall–Kier alpha value is -3.40. The number of anilines is 1. The van der Waals surface area contributed by atoms with Crippen molar-refractivity contribution in [1.82, 2.24) is 4.98 Å². The van der Waals surface area contributed by atoms with Crippen molar-refractivity contribution in [2.24, 2.45) is 0 Å². The van der Waals surface area contributed by atoms with Crippen molar-refractivity contribution in [2.75, 3.05) is 5.73 Å². The zero-order chi connectivity index (χ0) is 21.6. The summed E-state index contributed by atoms with van der Waals surface area (Å²) < 4.78 is 5.80. The largest absolute Gasteiger partial charge is 0.432 e. The topological polar surface area (TPSA) is 69.1 Å². The predicted octanol–water partition coefficient (Wildman–Crippen LogP) is 6.55. The van der Waals surface area contributed by atoms with Crippen LogP contribution in [0.4, 0.5) is 5.69 Å².